The fraction of sp³-hybridized carbons (Fsp3) is 0.100. The summed E-state index contributed by atoms with van der Waals surface area (Å²) in [5.41, 5.74) is 1.77. The van der Waals surface area contributed by atoms with Crippen LogP contribution < -0.4 is 0 Å². The van der Waals surface area contributed by atoms with E-state index in [9.17, 15) is 0 Å². The number of hydrogen-bond acceptors (Lipinski definition) is 1. The van der Waals surface area contributed by atoms with Gasteiger partial charge in [-0.3, -0.25) is 4.98 Å². The van der Waals surface area contributed by atoms with Crippen molar-refractivity contribution >= 4 is 50.0 Å². The van der Waals surface area contributed by atoms with Crippen LogP contribution in [0.1, 0.15) is 5.56 Å². The van der Waals surface area contributed by atoms with Crippen LogP contribution in [0.3, 0.4) is 0 Å². The zero-order valence-corrected chi connectivity index (χ0v) is 10.4. The van der Waals surface area contributed by atoms with Gasteiger partial charge in [0.2, 0.25) is 0 Å². The third-order valence-corrected chi connectivity index (χ3v) is 3.89. The second-order valence-electron chi connectivity index (χ2n) is 3.01. The van der Waals surface area contributed by atoms with E-state index in [1.165, 1.54) is 0 Å². The molecule has 1 heterocycles. The first-order chi connectivity index (χ1) is 6.61. The maximum absolute atomic E-state index is 6.15. The number of rotatable bonds is 0. The van der Waals surface area contributed by atoms with Gasteiger partial charge in [-0.1, -0.05) is 23.2 Å². The number of benzene rings is 1. The summed E-state index contributed by atoms with van der Waals surface area (Å²) in [5, 5.41) is 2.29. The van der Waals surface area contributed by atoms with Crippen LogP contribution in [-0.4, -0.2) is 4.98 Å². The second-order valence-corrected chi connectivity index (χ2v) is 4.59. The number of aryl methyl sites for hydroxylation is 1. The maximum Gasteiger partial charge on any atom is 0.0874 e. The third kappa shape index (κ3) is 1.52. The Balaban J connectivity index is 2.94. The Morgan fingerprint density at radius 2 is 2.00 bits per heavy atom. The first kappa shape index (κ1) is 10.2. The molecule has 14 heavy (non-hydrogen) atoms. The number of nitrogens with zero attached hydrogens (tertiary/aromatic N) is 1. The number of aromatic nitrogens is 1. The largest absolute Gasteiger partial charge is 0.255 e. The fourth-order valence-corrected chi connectivity index (χ4v) is 2.08. The van der Waals surface area contributed by atoms with Gasteiger partial charge in [-0.25, -0.2) is 0 Å². The standard InChI is InChI=1S/C10H6BrCl2N/c1-5-4-14-10-6(9(5)13)2-3-7(12)8(10)11/h2-4H,1H3. The molecule has 0 atom stereocenters. The van der Waals surface area contributed by atoms with Crippen LogP contribution in [0, 0.1) is 6.92 Å². The quantitative estimate of drug-likeness (QED) is 0.690. The summed E-state index contributed by atoms with van der Waals surface area (Å²) in [4.78, 5) is 4.29. The van der Waals surface area contributed by atoms with Crippen molar-refractivity contribution in [1.29, 1.82) is 0 Å². The Labute approximate surface area is 100 Å². The smallest absolute Gasteiger partial charge is 0.0874 e. The van der Waals surface area contributed by atoms with E-state index < -0.39 is 0 Å². The average Bonchev–Trinajstić information content (AvgIpc) is 2.17. The topological polar surface area (TPSA) is 12.9 Å². The van der Waals surface area contributed by atoms with Crippen LogP contribution in [0.4, 0.5) is 0 Å². The van der Waals surface area contributed by atoms with Gasteiger partial charge in [-0.15, -0.1) is 0 Å². The van der Waals surface area contributed by atoms with Gasteiger partial charge in [-0.05, 0) is 40.5 Å². The minimum atomic E-state index is 0.643. The van der Waals surface area contributed by atoms with E-state index in [-0.39, 0.29) is 0 Å². The van der Waals surface area contributed by atoms with Gasteiger partial charge in [0.15, 0.2) is 0 Å². The average molecular weight is 291 g/mol. The number of hydrogen-bond donors (Lipinski definition) is 0. The number of halogens is 3. The third-order valence-electron chi connectivity index (χ3n) is 2.04. The van der Waals surface area contributed by atoms with Gasteiger partial charge in [0.1, 0.15) is 0 Å². The molecule has 0 saturated heterocycles. The molecule has 0 bridgehead atoms. The molecule has 0 unspecified atom stereocenters. The van der Waals surface area contributed by atoms with Crippen molar-refractivity contribution in [2.24, 2.45) is 0 Å². The minimum Gasteiger partial charge on any atom is -0.255 e. The fourth-order valence-electron chi connectivity index (χ4n) is 1.27. The van der Waals surface area contributed by atoms with Crippen LogP contribution in [0.15, 0.2) is 22.8 Å². The molecule has 72 valence electrons. The molecule has 1 aromatic heterocycles. The molecule has 0 amide bonds. The Morgan fingerprint density at radius 3 is 2.71 bits per heavy atom. The van der Waals surface area contributed by atoms with Crippen molar-refractivity contribution in [3.8, 4) is 0 Å². The molecular formula is C10H6BrCl2N. The predicted molar refractivity (Wildman–Crippen MR) is 64.2 cm³/mol. The van der Waals surface area contributed by atoms with E-state index in [0.29, 0.717) is 5.02 Å². The first-order valence-corrected chi connectivity index (χ1v) is 5.55. The summed E-state index contributed by atoms with van der Waals surface area (Å²) in [6.45, 7) is 1.93. The summed E-state index contributed by atoms with van der Waals surface area (Å²) in [6, 6.07) is 3.69. The molecule has 0 saturated carbocycles. The molecule has 0 aliphatic carbocycles. The Bertz CT molecular complexity index is 464. The van der Waals surface area contributed by atoms with Crippen LogP contribution in [0.5, 0.6) is 0 Å². The molecule has 2 aromatic rings. The van der Waals surface area contributed by atoms with Gasteiger partial charge in [0.25, 0.3) is 0 Å². The van der Waals surface area contributed by atoms with E-state index in [0.717, 1.165) is 26.0 Å². The second kappa shape index (κ2) is 3.69. The molecule has 0 spiro atoms. The predicted octanol–water partition coefficient (Wildman–Crippen LogP) is 4.61. The van der Waals surface area contributed by atoms with Gasteiger partial charge >= 0.3 is 0 Å². The van der Waals surface area contributed by atoms with E-state index in [2.05, 4.69) is 20.9 Å². The molecule has 1 nitrogen and oxygen atoms in total. The highest BCUT2D eigenvalue weighted by Gasteiger charge is 2.08. The molecule has 1 aromatic carbocycles. The van der Waals surface area contributed by atoms with Crippen LogP contribution in [0.2, 0.25) is 10.0 Å². The van der Waals surface area contributed by atoms with Crippen LogP contribution in [-0.2, 0) is 0 Å². The van der Waals surface area contributed by atoms with Gasteiger partial charge < -0.3 is 0 Å². The van der Waals surface area contributed by atoms with Crippen LogP contribution in [0.25, 0.3) is 10.9 Å². The molecular weight excluding hydrogens is 285 g/mol. The lowest BCUT2D eigenvalue weighted by molar-refractivity contribution is 1.33. The van der Waals surface area contributed by atoms with Crippen LogP contribution >= 0.6 is 39.1 Å². The molecule has 0 fully saturated rings. The lowest BCUT2D eigenvalue weighted by Gasteiger charge is -2.05. The monoisotopic (exact) mass is 289 g/mol. The first-order valence-electron chi connectivity index (χ1n) is 4.00. The summed E-state index contributed by atoms with van der Waals surface area (Å²) >= 11 is 15.5. The minimum absolute atomic E-state index is 0.643. The number of pyridine rings is 1. The highest BCUT2D eigenvalue weighted by molar-refractivity contribution is 9.10. The van der Waals surface area contributed by atoms with Gasteiger partial charge in [-0.2, -0.15) is 0 Å². The number of fused-ring (bicyclic) bond motifs is 1. The zero-order chi connectivity index (χ0) is 10.3. The Morgan fingerprint density at radius 1 is 1.29 bits per heavy atom. The van der Waals surface area contributed by atoms with Crippen molar-refractivity contribution in [3.63, 3.8) is 0 Å². The van der Waals surface area contributed by atoms with E-state index in [1.807, 2.05) is 13.0 Å². The molecule has 0 aliphatic heterocycles. The van der Waals surface area contributed by atoms with Crippen molar-refractivity contribution < 1.29 is 0 Å². The Kier molecular flexibility index (Phi) is 2.69. The highest BCUT2D eigenvalue weighted by atomic mass is 79.9. The maximum atomic E-state index is 6.15. The highest BCUT2D eigenvalue weighted by Crippen LogP contribution is 2.34. The lowest BCUT2D eigenvalue weighted by atomic mass is 10.2. The van der Waals surface area contributed by atoms with Crippen molar-refractivity contribution in [3.05, 3.63) is 38.4 Å². The molecule has 2 rings (SSSR count). The molecule has 4 heteroatoms. The van der Waals surface area contributed by atoms with E-state index in [4.69, 9.17) is 23.2 Å². The van der Waals surface area contributed by atoms with Crippen molar-refractivity contribution in [1.82, 2.24) is 4.98 Å². The normalized spacial score (nSPS) is 10.9. The summed E-state index contributed by atoms with van der Waals surface area (Å²) in [7, 11) is 0. The van der Waals surface area contributed by atoms with E-state index >= 15 is 0 Å². The molecule has 0 aliphatic rings. The summed E-state index contributed by atoms with van der Waals surface area (Å²) in [5.74, 6) is 0. The van der Waals surface area contributed by atoms with Gasteiger partial charge in [0.05, 0.1) is 20.0 Å². The Hall–Kier alpha value is -0.310. The van der Waals surface area contributed by atoms with Crippen molar-refractivity contribution in [2.45, 2.75) is 6.92 Å². The molecule has 0 N–H and O–H groups in total. The zero-order valence-electron chi connectivity index (χ0n) is 7.31. The SMILES string of the molecule is Cc1cnc2c(Br)c(Cl)ccc2c1Cl. The summed E-state index contributed by atoms with van der Waals surface area (Å²) in [6.07, 6.45) is 1.74. The summed E-state index contributed by atoms with van der Waals surface area (Å²) < 4.78 is 0.790. The van der Waals surface area contributed by atoms with Gasteiger partial charge in [0, 0.05) is 11.6 Å². The van der Waals surface area contributed by atoms with E-state index in [1.54, 1.807) is 12.3 Å². The van der Waals surface area contributed by atoms with Crippen molar-refractivity contribution in [2.75, 3.05) is 0 Å². The lowest BCUT2D eigenvalue weighted by Crippen LogP contribution is -1.85. The molecule has 0 radical (unpaired) electrons.